The molecule has 3 heteroatoms. The van der Waals surface area contributed by atoms with Crippen LogP contribution in [-0.4, -0.2) is 10.8 Å². The highest BCUT2D eigenvalue weighted by Crippen LogP contribution is 2.14. The highest BCUT2D eigenvalue weighted by atomic mass is 16.3. The van der Waals surface area contributed by atoms with Crippen LogP contribution in [0, 0.1) is 0 Å². The summed E-state index contributed by atoms with van der Waals surface area (Å²) in [5, 5.41) is 0. The number of hydrogen-bond donors (Lipinski definition) is 0. The molecule has 2 rings (SSSR count). The van der Waals surface area contributed by atoms with E-state index >= 15 is 0 Å². The van der Waals surface area contributed by atoms with E-state index in [1.54, 1.807) is 24.5 Å². The Morgan fingerprint density at radius 1 is 1.47 bits per heavy atom. The van der Waals surface area contributed by atoms with Crippen LogP contribution in [-0.2, 0) is 6.42 Å². The molecule has 3 nitrogen and oxygen atoms in total. The van der Waals surface area contributed by atoms with E-state index in [9.17, 15) is 4.79 Å². The van der Waals surface area contributed by atoms with Gasteiger partial charge in [-0.3, -0.25) is 9.78 Å². The van der Waals surface area contributed by atoms with Crippen molar-refractivity contribution in [2.75, 3.05) is 0 Å². The Hall–Kier alpha value is -1.90. The largest absolute Gasteiger partial charge is 0.472 e. The van der Waals surface area contributed by atoms with Crippen LogP contribution in [0.5, 0.6) is 0 Å². The molecule has 2 aromatic rings. The predicted octanol–water partition coefficient (Wildman–Crippen LogP) is 2.47. The minimum atomic E-state index is -0.0111. The predicted molar refractivity (Wildman–Crippen MR) is 55.8 cm³/mol. The lowest BCUT2D eigenvalue weighted by Gasteiger charge is -2.03. The zero-order valence-corrected chi connectivity index (χ0v) is 8.43. The first-order valence-corrected chi connectivity index (χ1v) is 4.82. The monoisotopic (exact) mass is 201 g/mol. The highest BCUT2D eigenvalue weighted by molar-refractivity contribution is 6.09. The van der Waals surface area contributed by atoms with Gasteiger partial charge in [-0.25, -0.2) is 0 Å². The molecule has 0 radical (unpaired) electrons. The smallest absolute Gasteiger partial charge is 0.196 e. The first-order chi connectivity index (χ1) is 7.33. The molecule has 0 fully saturated rings. The fraction of sp³-hybridized carbons (Fsp3) is 0.167. The van der Waals surface area contributed by atoms with Gasteiger partial charge in [0.1, 0.15) is 6.26 Å². The molecule has 0 saturated heterocycles. The van der Waals surface area contributed by atoms with Gasteiger partial charge in [-0.1, -0.05) is 6.92 Å². The summed E-state index contributed by atoms with van der Waals surface area (Å²) >= 11 is 0. The summed E-state index contributed by atoms with van der Waals surface area (Å²) < 4.78 is 4.89. The number of rotatable bonds is 3. The minimum Gasteiger partial charge on any atom is -0.472 e. The maximum Gasteiger partial charge on any atom is 0.196 e. The second-order valence-corrected chi connectivity index (χ2v) is 3.23. The van der Waals surface area contributed by atoms with E-state index in [1.807, 2.05) is 6.92 Å². The molecule has 0 saturated carbocycles. The van der Waals surface area contributed by atoms with Crippen molar-refractivity contribution in [3.63, 3.8) is 0 Å². The zero-order chi connectivity index (χ0) is 10.7. The van der Waals surface area contributed by atoms with Gasteiger partial charge in [0.2, 0.25) is 0 Å². The van der Waals surface area contributed by atoms with E-state index in [0.29, 0.717) is 11.1 Å². The Balaban J connectivity index is 2.42. The number of ketones is 1. The summed E-state index contributed by atoms with van der Waals surface area (Å²) in [7, 11) is 0. The molecule has 0 aliphatic rings. The number of carbonyl (C=O) groups excluding carboxylic acids is 1. The van der Waals surface area contributed by atoms with Crippen molar-refractivity contribution in [2.24, 2.45) is 0 Å². The number of carbonyl (C=O) groups is 1. The van der Waals surface area contributed by atoms with E-state index in [2.05, 4.69) is 4.98 Å². The van der Waals surface area contributed by atoms with E-state index in [1.165, 1.54) is 12.5 Å². The van der Waals surface area contributed by atoms with Gasteiger partial charge in [-0.15, -0.1) is 0 Å². The average molecular weight is 201 g/mol. The van der Waals surface area contributed by atoms with Gasteiger partial charge in [0, 0.05) is 18.0 Å². The van der Waals surface area contributed by atoms with Gasteiger partial charge >= 0.3 is 0 Å². The molecule has 0 spiro atoms. The lowest BCUT2D eigenvalue weighted by atomic mass is 10.0. The molecule has 0 aromatic carbocycles. The van der Waals surface area contributed by atoms with Gasteiger partial charge in [0.25, 0.3) is 0 Å². The summed E-state index contributed by atoms with van der Waals surface area (Å²) in [6.07, 6.45) is 7.12. The van der Waals surface area contributed by atoms with Crippen molar-refractivity contribution in [1.82, 2.24) is 4.98 Å². The number of hydrogen-bond acceptors (Lipinski definition) is 3. The van der Waals surface area contributed by atoms with E-state index in [0.717, 1.165) is 12.0 Å². The van der Waals surface area contributed by atoms with Crippen molar-refractivity contribution in [3.05, 3.63) is 53.7 Å². The molecule has 0 amide bonds. The van der Waals surface area contributed by atoms with Crippen LogP contribution in [0.2, 0.25) is 0 Å². The van der Waals surface area contributed by atoms with Crippen molar-refractivity contribution in [3.8, 4) is 0 Å². The maximum atomic E-state index is 12.0. The molecule has 0 unspecified atom stereocenters. The summed E-state index contributed by atoms with van der Waals surface area (Å²) in [4.78, 5) is 16.0. The first kappa shape index (κ1) is 9.65. The van der Waals surface area contributed by atoms with Gasteiger partial charge < -0.3 is 4.42 Å². The molecule has 15 heavy (non-hydrogen) atoms. The van der Waals surface area contributed by atoms with Crippen LogP contribution in [0.25, 0.3) is 0 Å². The lowest BCUT2D eigenvalue weighted by molar-refractivity contribution is 0.103. The van der Waals surface area contributed by atoms with Gasteiger partial charge in [0.15, 0.2) is 5.78 Å². The van der Waals surface area contributed by atoms with Crippen LogP contribution < -0.4 is 0 Å². The fourth-order valence-corrected chi connectivity index (χ4v) is 1.48. The maximum absolute atomic E-state index is 12.0. The molecule has 0 N–H and O–H groups in total. The summed E-state index contributed by atoms with van der Waals surface area (Å²) in [6.45, 7) is 2.00. The Kier molecular flexibility index (Phi) is 2.63. The van der Waals surface area contributed by atoms with Crippen molar-refractivity contribution in [1.29, 1.82) is 0 Å². The third-order valence-corrected chi connectivity index (χ3v) is 2.31. The van der Waals surface area contributed by atoms with E-state index in [-0.39, 0.29) is 5.78 Å². The van der Waals surface area contributed by atoms with Crippen LogP contribution in [0.3, 0.4) is 0 Å². The Morgan fingerprint density at radius 2 is 2.33 bits per heavy atom. The summed E-state index contributed by atoms with van der Waals surface area (Å²) in [6, 6.07) is 3.41. The van der Waals surface area contributed by atoms with Gasteiger partial charge in [0.05, 0.1) is 11.8 Å². The molecule has 0 aliphatic heterocycles. The van der Waals surface area contributed by atoms with Crippen LogP contribution in [0.1, 0.15) is 28.4 Å². The quantitative estimate of drug-likeness (QED) is 0.716. The minimum absolute atomic E-state index is 0.0111. The van der Waals surface area contributed by atoms with Crippen molar-refractivity contribution >= 4 is 5.78 Å². The molecular formula is C12H11NO2. The van der Waals surface area contributed by atoms with E-state index in [4.69, 9.17) is 4.42 Å². The third-order valence-electron chi connectivity index (χ3n) is 2.31. The van der Waals surface area contributed by atoms with Gasteiger partial charge in [-0.05, 0) is 24.1 Å². The normalized spacial score (nSPS) is 10.2. The standard InChI is InChI=1S/C12H11NO2/c1-2-9-7-13-5-3-11(9)12(14)10-4-6-15-8-10/h3-8H,2H2,1H3. The van der Waals surface area contributed by atoms with E-state index < -0.39 is 0 Å². The Bertz CT molecular complexity index is 460. The second-order valence-electron chi connectivity index (χ2n) is 3.23. The first-order valence-electron chi connectivity index (χ1n) is 4.82. The topological polar surface area (TPSA) is 43.1 Å². The van der Waals surface area contributed by atoms with Crippen LogP contribution in [0.4, 0.5) is 0 Å². The highest BCUT2D eigenvalue weighted by Gasteiger charge is 2.13. The van der Waals surface area contributed by atoms with Gasteiger partial charge in [-0.2, -0.15) is 0 Å². The number of aromatic nitrogens is 1. The Labute approximate surface area is 87.8 Å². The zero-order valence-electron chi connectivity index (χ0n) is 8.43. The van der Waals surface area contributed by atoms with Crippen molar-refractivity contribution < 1.29 is 9.21 Å². The number of nitrogens with zero attached hydrogens (tertiary/aromatic N) is 1. The van der Waals surface area contributed by atoms with Crippen molar-refractivity contribution in [2.45, 2.75) is 13.3 Å². The molecule has 2 aromatic heterocycles. The lowest BCUT2D eigenvalue weighted by Crippen LogP contribution is -2.04. The fourth-order valence-electron chi connectivity index (χ4n) is 1.48. The molecule has 0 bridgehead atoms. The third kappa shape index (κ3) is 1.81. The molecule has 76 valence electrons. The Morgan fingerprint density at radius 3 is 3.00 bits per heavy atom. The SMILES string of the molecule is CCc1cnccc1C(=O)c1ccoc1. The average Bonchev–Trinajstić information content (AvgIpc) is 2.81. The molecule has 0 aliphatic carbocycles. The molecule has 2 heterocycles. The molecule has 0 atom stereocenters. The number of aryl methyl sites for hydroxylation is 1. The van der Waals surface area contributed by atoms with Crippen LogP contribution >= 0.6 is 0 Å². The summed E-state index contributed by atoms with van der Waals surface area (Å²) in [5.41, 5.74) is 2.24. The number of pyridine rings is 1. The molecular weight excluding hydrogens is 190 g/mol. The van der Waals surface area contributed by atoms with Crippen LogP contribution in [0.15, 0.2) is 41.5 Å². The number of furan rings is 1. The second kappa shape index (κ2) is 4.09. The summed E-state index contributed by atoms with van der Waals surface area (Å²) in [5.74, 6) is -0.0111.